The van der Waals surface area contributed by atoms with Crippen LogP contribution < -0.4 is 0 Å². The van der Waals surface area contributed by atoms with Gasteiger partial charge in [0.2, 0.25) is 0 Å². The van der Waals surface area contributed by atoms with Crippen molar-refractivity contribution in [3.8, 4) is 22.4 Å². The van der Waals surface area contributed by atoms with Gasteiger partial charge in [-0.2, -0.15) is 0 Å². The Kier molecular flexibility index (Phi) is 2.37. The lowest BCUT2D eigenvalue weighted by Gasteiger charge is -2.01. The van der Waals surface area contributed by atoms with Crippen molar-refractivity contribution in [2.24, 2.45) is 0 Å². The van der Waals surface area contributed by atoms with Gasteiger partial charge in [0.15, 0.2) is 0 Å². The van der Waals surface area contributed by atoms with Gasteiger partial charge in [-0.1, -0.05) is 48.5 Å². The number of rotatable bonds is 1. The van der Waals surface area contributed by atoms with Gasteiger partial charge >= 0.3 is 0 Å². The molecule has 0 saturated heterocycles. The Morgan fingerprint density at radius 1 is 0.765 bits per heavy atom. The SMILES string of the molecule is Cc1ccc(-c2ccc3cccccc2-3)nc1. The molecule has 1 heterocycles. The number of hydrogen-bond donors (Lipinski definition) is 0. The van der Waals surface area contributed by atoms with Crippen molar-refractivity contribution < 1.29 is 0 Å². The Bertz CT molecular complexity index is 611. The quantitative estimate of drug-likeness (QED) is 0.598. The van der Waals surface area contributed by atoms with Crippen molar-refractivity contribution in [2.45, 2.75) is 6.92 Å². The van der Waals surface area contributed by atoms with Crippen LogP contribution in [-0.4, -0.2) is 4.98 Å². The molecule has 0 radical (unpaired) electrons. The highest BCUT2D eigenvalue weighted by Crippen LogP contribution is 2.33. The van der Waals surface area contributed by atoms with Crippen LogP contribution in [0.4, 0.5) is 0 Å². The summed E-state index contributed by atoms with van der Waals surface area (Å²) in [7, 11) is 0. The standard InChI is InChI=1S/C16H13N/c1-12-7-10-16(17-11-12)15-9-8-13-5-3-2-4-6-14(13)15/h2-11H,1H3. The van der Waals surface area contributed by atoms with E-state index in [1.165, 1.54) is 22.3 Å². The van der Waals surface area contributed by atoms with Crippen molar-refractivity contribution in [1.29, 1.82) is 0 Å². The second-order valence-corrected chi connectivity index (χ2v) is 4.25. The van der Waals surface area contributed by atoms with Gasteiger partial charge in [0.05, 0.1) is 5.69 Å². The summed E-state index contributed by atoms with van der Waals surface area (Å²) in [6.45, 7) is 2.06. The van der Waals surface area contributed by atoms with Crippen molar-refractivity contribution in [3.63, 3.8) is 0 Å². The normalized spacial score (nSPS) is 10.6. The molecule has 17 heavy (non-hydrogen) atoms. The minimum Gasteiger partial charge on any atom is -0.256 e. The summed E-state index contributed by atoms with van der Waals surface area (Å²) < 4.78 is 0. The van der Waals surface area contributed by atoms with Crippen LogP contribution >= 0.6 is 0 Å². The van der Waals surface area contributed by atoms with E-state index in [0.717, 1.165) is 5.69 Å². The molecule has 0 aromatic carbocycles. The number of hydrogen-bond acceptors (Lipinski definition) is 1. The minimum atomic E-state index is 1.04. The van der Waals surface area contributed by atoms with Gasteiger partial charge in [-0.25, -0.2) is 0 Å². The molecule has 3 rings (SSSR count). The molecule has 82 valence electrons. The van der Waals surface area contributed by atoms with E-state index in [1.807, 2.05) is 12.3 Å². The maximum Gasteiger partial charge on any atom is 0.0708 e. The van der Waals surface area contributed by atoms with Gasteiger partial charge in [0, 0.05) is 11.8 Å². The Morgan fingerprint density at radius 2 is 1.65 bits per heavy atom. The van der Waals surface area contributed by atoms with E-state index in [4.69, 9.17) is 0 Å². The molecule has 0 N–H and O–H groups in total. The van der Waals surface area contributed by atoms with E-state index in [9.17, 15) is 0 Å². The summed E-state index contributed by atoms with van der Waals surface area (Å²) in [6, 6.07) is 18.9. The molecular weight excluding hydrogens is 206 g/mol. The van der Waals surface area contributed by atoms with Gasteiger partial charge in [-0.15, -0.1) is 0 Å². The van der Waals surface area contributed by atoms with Gasteiger partial charge in [0.25, 0.3) is 0 Å². The molecule has 1 aromatic rings. The van der Waals surface area contributed by atoms with Crippen LogP contribution in [0.5, 0.6) is 0 Å². The Balaban J connectivity index is 2.17. The molecule has 1 aromatic heterocycles. The van der Waals surface area contributed by atoms with Crippen molar-refractivity contribution >= 4 is 0 Å². The highest BCUT2D eigenvalue weighted by Gasteiger charge is 2.09. The molecule has 2 aliphatic carbocycles. The van der Waals surface area contributed by atoms with Crippen molar-refractivity contribution in [3.05, 3.63) is 66.4 Å². The first kappa shape index (κ1) is 10.0. The minimum absolute atomic E-state index is 1.04. The van der Waals surface area contributed by atoms with Crippen LogP contribution in [0.1, 0.15) is 5.56 Å². The Hall–Kier alpha value is -2.15. The molecule has 0 bridgehead atoms. The van der Waals surface area contributed by atoms with E-state index >= 15 is 0 Å². The molecule has 0 aliphatic heterocycles. The summed E-state index contributed by atoms with van der Waals surface area (Å²) in [4.78, 5) is 4.49. The lowest BCUT2D eigenvalue weighted by molar-refractivity contribution is 1.27. The van der Waals surface area contributed by atoms with E-state index in [-0.39, 0.29) is 0 Å². The third-order valence-electron chi connectivity index (χ3n) is 2.98. The summed E-state index contributed by atoms with van der Waals surface area (Å²) in [5, 5.41) is 0. The molecule has 0 spiro atoms. The molecule has 0 saturated carbocycles. The Labute approximate surface area is 101 Å². The molecule has 0 unspecified atom stereocenters. The van der Waals surface area contributed by atoms with Crippen molar-refractivity contribution in [1.82, 2.24) is 4.98 Å². The summed E-state index contributed by atoms with van der Waals surface area (Å²) in [6.07, 6.45) is 1.91. The topological polar surface area (TPSA) is 12.9 Å². The molecule has 1 nitrogen and oxygen atoms in total. The number of fused-ring (bicyclic) bond motifs is 1. The fourth-order valence-corrected chi connectivity index (χ4v) is 2.07. The number of aromatic nitrogens is 1. The largest absolute Gasteiger partial charge is 0.256 e. The highest BCUT2D eigenvalue weighted by molar-refractivity contribution is 5.84. The molecule has 0 atom stereocenters. The predicted octanol–water partition coefficient (Wildman–Crippen LogP) is 4.16. The lowest BCUT2D eigenvalue weighted by atomic mass is 10.1. The van der Waals surface area contributed by atoms with Gasteiger partial charge in [-0.05, 0) is 29.7 Å². The summed E-state index contributed by atoms with van der Waals surface area (Å²) in [5.41, 5.74) is 5.95. The van der Waals surface area contributed by atoms with Gasteiger partial charge in [0.1, 0.15) is 0 Å². The van der Waals surface area contributed by atoms with Gasteiger partial charge < -0.3 is 0 Å². The smallest absolute Gasteiger partial charge is 0.0708 e. The molecule has 1 heteroatoms. The molecular formula is C16H13N. The summed E-state index contributed by atoms with van der Waals surface area (Å²) >= 11 is 0. The van der Waals surface area contributed by atoms with Crippen molar-refractivity contribution in [2.75, 3.05) is 0 Å². The highest BCUT2D eigenvalue weighted by atomic mass is 14.7. The Morgan fingerprint density at radius 3 is 2.47 bits per heavy atom. The average molecular weight is 219 g/mol. The third kappa shape index (κ3) is 1.80. The first-order valence-electron chi connectivity index (χ1n) is 5.75. The zero-order chi connectivity index (χ0) is 11.7. The van der Waals surface area contributed by atoms with Crippen LogP contribution in [-0.2, 0) is 0 Å². The number of aryl methyl sites for hydroxylation is 1. The van der Waals surface area contributed by atoms with E-state index in [2.05, 4.69) is 60.4 Å². The van der Waals surface area contributed by atoms with Crippen LogP contribution in [0.2, 0.25) is 0 Å². The number of pyridine rings is 1. The van der Waals surface area contributed by atoms with Gasteiger partial charge in [-0.3, -0.25) is 4.98 Å². The van der Waals surface area contributed by atoms with Crippen LogP contribution in [0, 0.1) is 6.92 Å². The van der Waals surface area contributed by atoms with Crippen LogP contribution in [0.15, 0.2) is 60.8 Å². The zero-order valence-corrected chi connectivity index (χ0v) is 9.72. The molecule has 0 amide bonds. The van der Waals surface area contributed by atoms with E-state index in [0.29, 0.717) is 0 Å². The maximum absolute atomic E-state index is 4.49. The third-order valence-corrected chi connectivity index (χ3v) is 2.98. The average Bonchev–Trinajstić information content (AvgIpc) is 2.60. The molecule has 0 fully saturated rings. The zero-order valence-electron chi connectivity index (χ0n) is 9.72. The van der Waals surface area contributed by atoms with E-state index in [1.54, 1.807) is 0 Å². The van der Waals surface area contributed by atoms with Crippen LogP contribution in [0.25, 0.3) is 22.4 Å². The second kappa shape index (κ2) is 4.02. The fraction of sp³-hybridized carbons (Fsp3) is 0.0625. The predicted molar refractivity (Wildman–Crippen MR) is 71.0 cm³/mol. The molecule has 2 aliphatic rings. The number of nitrogens with zero attached hydrogens (tertiary/aromatic N) is 1. The maximum atomic E-state index is 4.49. The first-order chi connectivity index (χ1) is 8.34. The first-order valence-corrected chi connectivity index (χ1v) is 5.75. The second-order valence-electron chi connectivity index (χ2n) is 4.25. The monoisotopic (exact) mass is 219 g/mol. The van der Waals surface area contributed by atoms with E-state index < -0.39 is 0 Å². The van der Waals surface area contributed by atoms with Crippen LogP contribution in [0.3, 0.4) is 0 Å². The summed E-state index contributed by atoms with van der Waals surface area (Å²) in [5.74, 6) is 0. The lowest BCUT2D eigenvalue weighted by Crippen LogP contribution is -1.83. The fourth-order valence-electron chi connectivity index (χ4n) is 2.07.